The first-order chi connectivity index (χ1) is 11.1. The molecule has 1 saturated heterocycles. The van der Waals surface area contributed by atoms with Crippen molar-refractivity contribution in [2.75, 3.05) is 23.3 Å². The van der Waals surface area contributed by atoms with Crippen LogP contribution in [0.1, 0.15) is 35.3 Å². The summed E-state index contributed by atoms with van der Waals surface area (Å²) >= 11 is 6.16. The SMILES string of the molecule is Cc1ccc(NC(=O)c2cc(N3CCCCC3)ncn2)c(Cl)c1. The lowest BCUT2D eigenvalue weighted by Gasteiger charge is -2.27. The van der Waals surface area contributed by atoms with Crippen molar-refractivity contribution >= 4 is 29.0 Å². The van der Waals surface area contributed by atoms with Crippen molar-refractivity contribution in [3.05, 3.63) is 46.9 Å². The highest BCUT2D eigenvalue weighted by Crippen LogP contribution is 2.23. The fraction of sp³-hybridized carbons (Fsp3) is 0.353. The van der Waals surface area contributed by atoms with Gasteiger partial charge in [-0.05, 0) is 43.9 Å². The molecule has 1 aliphatic heterocycles. The largest absolute Gasteiger partial charge is 0.357 e. The first kappa shape index (κ1) is 15.7. The van der Waals surface area contributed by atoms with Gasteiger partial charge in [0.15, 0.2) is 0 Å². The summed E-state index contributed by atoms with van der Waals surface area (Å²) in [6.45, 7) is 3.90. The van der Waals surface area contributed by atoms with Gasteiger partial charge in [0.05, 0.1) is 10.7 Å². The maximum Gasteiger partial charge on any atom is 0.274 e. The summed E-state index contributed by atoms with van der Waals surface area (Å²) in [6, 6.07) is 7.25. The van der Waals surface area contributed by atoms with Crippen LogP contribution in [0.25, 0.3) is 0 Å². The van der Waals surface area contributed by atoms with Gasteiger partial charge in [-0.3, -0.25) is 4.79 Å². The maximum absolute atomic E-state index is 12.4. The van der Waals surface area contributed by atoms with Crippen LogP contribution in [0.4, 0.5) is 11.5 Å². The number of nitrogens with zero attached hydrogens (tertiary/aromatic N) is 3. The number of nitrogens with one attached hydrogen (secondary N) is 1. The Labute approximate surface area is 140 Å². The third kappa shape index (κ3) is 3.79. The predicted octanol–water partition coefficient (Wildman–Crippen LogP) is 3.68. The third-order valence-corrected chi connectivity index (χ3v) is 4.25. The standard InChI is InChI=1S/C17H19ClN4O/c1-12-5-6-14(13(18)9-12)21-17(23)15-10-16(20-11-19-15)22-7-3-2-4-8-22/h5-6,9-11H,2-4,7-8H2,1H3,(H,21,23). The van der Waals surface area contributed by atoms with Gasteiger partial charge in [0.25, 0.3) is 5.91 Å². The van der Waals surface area contributed by atoms with Gasteiger partial charge in [0, 0.05) is 19.2 Å². The second-order valence-corrected chi connectivity index (χ2v) is 6.15. The molecule has 23 heavy (non-hydrogen) atoms. The molecular formula is C17H19ClN4O. The number of amides is 1. The van der Waals surface area contributed by atoms with Crippen molar-refractivity contribution in [1.82, 2.24) is 9.97 Å². The van der Waals surface area contributed by atoms with Crippen LogP contribution in [0, 0.1) is 6.92 Å². The number of carbonyl (C=O) groups excluding carboxylic acids is 1. The minimum Gasteiger partial charge on any atom is -0.357 e. The second kappa shape index (κ2) is 6.96. The molecule has 0 bridgehead atoms. The van der Waals surface area contributed by atoms with E-state index in [0.29, 0.717) is 16.4 Å². The molecule has 5 nitrogen and oxygen atoms in total. The molecule has 1 aromatic carbocycles. The van der Waals surface area contributed by atoms with Gasteiger partial charge in [-0.15, -0.1) is 0 Å². The average Bonchev–Trinajstić information content (AvgIpc) is 2.58. The monoisotopic (exact) mass is 330 g/mol. The Morgan fingerprint density at radius 2 is 1.96 bits per heavy atom. The first-order valence-corrected chi connectivity index (χ1v) is 8.16. The summed E-state index contributed by atoms with van der Waals surface area (Å²) in [6.07, 6.45) is 5.01. The highest BCUT2D eigenvalue weighted by atomic mass is 35.5. The van der Waals surface area contributed by atoms with E-state index in [2.05, 4.69) is 20.2 Å². The van der Waals surface area contributed by atoms with E-state index in [1.165, 1.54) is 12.7 Å². The molecule has 0 aliphatic carbocycles. The molecule has 2 aromatic rings. The quantitative estimate of drug-likeness (QED) is 0.932. The predicted molar refractivity (Wildman–Crippen MR) is 92.2 cm³/mol. The maximum atomic E-state index is 12.4. The first-order valence-electron chi connectivity index (χ1n) is 7.78. The molecule has 0 unspecified atom stereocenters. The summed E-state index contributed by atoms with van der Waals surface area (Å²) in [7, 11) is 0. The average molecular weight is 331 g/mol. The van der Waals surface area contributed by atoms with E-state index in [9.17, 15) is 4.79 Å². The molecule has 1 aliphatic rings. The lowest BCUT2D eigenvalue weighted by Crippen LogP contribution is -2.30. The number of hydrogen-bond acceptors (Lipinski definition) is 4. The van der Waals surface area contributed by atoms with Gasteiger partial charge in [-0.1, -0.05) is 17.7 Å². The van der Waals surface area contributed by atoms with E-state index in [0.717, 1.165) is 37.3 Å². The van der Waals surface area contributed by atoms with Gasteiger partial charge in [-0.25, -0.2) is 9.97 Å². The van der Waals surface area contributed by atoms with Crippen molar-refractivity contribution in [3.8, 4) is 0 Å². The van der Waals surface area contributed by atoms with Crippen molar-refractivity contribution < 1.29 is 4.79 Å². The molecule has 1 N–H and O–H groups in total. The normalized spacial score (nSPS) is 14.6. The smallest absolute Gasteiger partial charge is 0.274 e. The topological polar surface area (TPSA) is 58.1 Å². The molecule has 0 spiro atoms. The number of aryl methyl sites for hydroxylation is 1. The molecule has 120 valence electrons. The van der Waals surface area contributed by atoms with Crippen LogP contribution in [0.15, 0.2) is 30.6 Å². The van der Waals surface area contributed by atoms with Crippen molar-refractivity contribution in [3.63, 3.8) is 0 Å². The number of carbonyl (C=O) groups is 1. The second-order valence-electron chi connectivity index (χ2n) is 5.75. The molecule has 2 heterocycles. The fourth-order valence-corrected chi connectivity index (χ4v) is 2.96. The van der Waals surface area contributed by atoms with E-state index in [-0.39, 0.29) is 5.91 Å². The minimum absolute atomic E-state index is 0.281. The number of anilines is 2. The fourth-order valence-electron chi connectivity index (χ4n) is 2.68. The molecular weight excluding hydrogens is 312 g/mol. The Bertz CT molecular complexity index is 713. The van der Waals surface area contributed by atoms with E-state index >= 15 is 0 Å². The van der Waals surface area contributed by atoms with E-state index < -0.39 is 0 Å². The van der Waals surface area contributed by atoms with Crippen LogP contribution in [0.5, 0.6) is 0 Å². The Morgan fingerprint density at radius 1 is 1.17 bits per heavy atom. The van der Waals surface area contributed by atoms with Gasteiger partial charge >= 0.3 is 0 Å². The summed E-state index contributed by atoms with van der Waals surface area (Å²) in [5.41, 5.74) is 1.97. The van der Waals surface area contributed by atoms with Gasteiger partial charge in [0.2, 0.25) is 0 Å². The number of halogens is 1. The van der Waals surface area contributed by atoms with E-state index in [1.54, 1.807) is 12.1 Å². The zero-order chi connectivity index (χ0) is 16.2. The zero-order valence-electron chi connectivity index (χ0n) is 13.1. The molecule has 1 aromatic heterocycles. The Kier molecular flexibility index (Phi) is 4.76. The van der Waals surface area contributed by atoms with Crippen molar-refractivity contribution in [2.45, 2.75) is 26.2 Å². The summed E-state index contributed by atoms with van der Waals surface area (Å²) in [4.78, 5) is 23.0. The molecule has 1 fully saturated rings. The van der Waals surface area contributed by atoms with E-state index in [4.69, 9.17) is 11.6 Å². The van der Waals surface area contributed by atoms with Crippen molar-refractivity contribution in [1.29, 1.82) is 0 Å². The van der Waals surface area contributed by atoms with Crippen LogP contribution in [-0.2, 0) is 0 Å². The zero-order valence-corrected chi connectivity index (χ0v) is 13.8. The lowest BCUT2D eigenvalue weighted by molar-refractivity contribution is 0.102. The number of hydrogen-bond donors (Lipinski definition) is 1. The molecule has 0 atom stereocenters. The van der Waals surface area contributed by atoms with Gasteiger partial charge in [0.1, 0.15) is 17.8 Å². The Morgan fingerprint density at radius 3 is 2.70 bits per heavy atom. The number of aromatic nitrogens is 2. The van der Waals surface area contributed by atoms with E-state index in [1.807, 2.05) is 19.1 Å². The molecule has 3 rings (SSSR count). The minimum atomic E-state index is -0.281. The Balaban J connectivity index is 1.76. The van der Waals surface area contributed by atoms with Gasteiger partial charge < -0.3 is 10.2 Å². The summed E-state index contributed by atoms with van der Waals surface area (Å²) in [5, 5.41) is 3.32. The van der Waals surface area contributed by atoms with Crippen LogP contribution in [0.3, 0.4) is 0 Å². The number of rotatable bonds is 3. The Hall–Kier alpha value is -2.14. The van der Waals surface area contributed by atoms with Gasteiger partial charge in [-0.2, -0.15) is 0 Å². The van der Waals surface area contributed by atoms with Crippen LogP contribution < -0.4 is 10.2 Å². The van der Waals surface area contributed by atoms with Crippen molar-refractivity contribution in [2.24, 2.45) is 0 Å². The number of piperidine rings is 1. The summed E-state index contributed by atoms with van der Waals surface area (Å²) < 4.78 is 0. The van der Waals surface area contributed by atoms with Crippen LogP contribution in [0.2, 0.25) is 5.02 Å². The lowest BCUT2D eigenvalue weighted by atomic mass is 10.1. The highest BCUT2D eigenvalue weighted by molar-refractivity contribution is 6.34. The highest BCUT2D eigenvalue weighted by Gasteiger charge is 2.16. The summed E-state index contributed by atoms with van der Waals surface area (Å²) in [5.74, 6) is 0.524. The molecule has 0 radical (unpaired) electrons. The van der Waals surface area contributed by atoms with Crippen LogP contribution >= 0.6 is 11.6 Å². The molecule has 6 heteroatoms. The third-order valence-electron chi connectivity index (χ3n) is 3.94. The van der Waals surface area contributed by atoms with Crippen LogP contribution in [-0.4, -0.2) is 29.0 Å². The molecule has 0 saturated carbocycles. The number of benzene rings is 1. The molecule has 1 amide bonds.